The number of hydrogen-bond acceptors (Lipinski definition) is 2. The fourth-order valence-corrected chi connectivity index (χ4v) is 4.00. The van der Waals surface area contributed by atoms with E-state index in [1.807, 2.05) is 0 Å². The zero-order valence-electron chi connectivity index (χ0n) is 11.8. The van der Waals surface area contributed by atoms with Gasteiger partial charge in [0.25, 0.3) is 0 Å². The lowest BCUT2D eigenvalue weighted by Gasteiger charge is -2.46. The summed E-state index contributed by atoms with van der Waals surface area (Å²) in [5, 5.41) is 0.480. The van der Waals surface area contributed by atoms with Crippen molar-refractivity contribution in [2.75, 3.05) is 13.1 Å². The molecule has 2 fully saturated rings. The molecule has 0 spiro atoms. The highest BCUT2D eigenvalue weighted by molar-refractivity contribution is 7.80. The average Bonchev–Trinajstić information content (AvgIpc) is 2.37. The molecule has 2 unspecified atom stereocenters. The van der Waals surface area contributed by atoms with Crippen molar-refractivity contribution >= 4 is 12.6 Å². The van der Waals surface area contributed by atoms with Crippen LogP contribution in [-0.4, -0.2) is 29.3 Å². The summed E-state index contributed by atoms with van der Waals surface area (Å²) in [6.07, 6.45) is 5.58. The first-order chi connectivity index (χ1) is 9.25. The topological polar surface area (TPSA) is 3.24 Å². The van der Waals surface area contributed by atoms with Gasteiger partial charge in [-0.3, -0.25) is 0 Å². The molecule has 1 saturated carbocycles. The molecule has 104 valence electrons. The molecular weight excluding hydrogens is 250 g/mol. The quantitative estimate of drug-likeness (QED) is 0.817. The van der Waals surface area contributed by atoms with E-state index in [2.05, 4.69) is 42.2 Å². The smallest absolute Gasteiger partial charge is 0.00954 e. The molecule has 0 radical (unpaired) electrons. The van der Waals surface area contributed by atoms with Crippen LogP contribution < -0.4 is 0 Å². The van der Waals surface area contributed by atoms with Gasteiger partial charge in [0.2, 0.25) is 0 Å². The van der Waals surface area contributed by atoms with Gasteiger partial charge in [0, 0.05) is 17.8 Å². The van der Waals surface area contributed by atoms with Gasteiger partial charge >= 0.3 is 0 Å². The predicted molar refractivity (Wildman–Crippen MR) is 85.0 cm³/mol. The van der Waals surface area contributed by atoms with Crippen LogP contribution in [0.15, 0.2) is 30.3 Å². The average molecular weight is 275 g/mol. The lowest BCUT2D eigenvalue weighted by Crippen LogP contribution is -2.49. The highest BCUT2D eigenvalue weighted by Gasteiger charge is 2.36. The van der Waals surface area contributed by atoms with Crippen molar-refractivity contribution in [3.63, 3.8) is 0 Å². The molecule has 19 heavy (non-hydrogen) atoms. The highest BCUT2D eigenvalue weighted by Crippen LogP contribution is 2.39. The molecule has 1 saturated heterocycles. The number of piperidine rings is 1. The van der Waals surface area contributed by atoms with Crippen LogP contribution in [0.4, 0.5) is 0 Å². The Morgan fingerprint density at radius 2 is 1.89 bits per heavy atom. The normalized spacial score (nSPS) is 30.8. The molecular formula is C17H25NS. The fourth-order valence-electron chi connectivity index (χ4n) is 3.69. The minimum atomic E-state index is 0.480. The lowest BCUT2D eigenvalue weighted by atomic mass is 9.77. The zero-order chi connectivity index (χ0) is 13.2. The summed E-state index contributed by atoms with van der Waals surface area (Å²) in [7, 11) is 0. The Hall–Kier alpha value is -0.470. The number of likely N-dealkylation sites (tertiary alicyclic amines) is 1. The molecule has 2 aliphatic rings. The third-order valence-electron chi connectivity index (χ3n) is 5.13. The molecule has 0 aromatic heterocycles. The second kappa shape index (κ2) is 5.88. The molecule has 1 aromatic rings. The molecule has 2 heteroatoms. The summed E-state index contributed by atoms with van der Waals surface area (Å²) < 4.78 is 0. The maximum atomic E-state index is 4.78. The van der Waals surface area contributed by atoms with Crippen molar-refractivity contribution < 1.29 is 0 Å². The van der Waals surface area contributed by atoms with Crippen molar-refractivity contribution in [1.82, 2.24) is 4.90 Å². The summed E-state index contributed by atoms with van der Waals surface area (Å²) in [6.45, 7) is 4.80. The van der Waals surface area contributed by atoms with E-state index in [4.69, 9.17) is 12.6 Å². The molecule has 3 atom stereocenters. The van der Waals surface area contributed by atoms with E-state index in [0.717, 1.165) is 6.04 Å². The maximum absolute atomic E-state index is 4.78. The lowest BCUT2D eigenvalue weighted by molar-refractivity contribution is 0.0665. The molecule has 0 bridgehead atoms. The van der Waals surface area contributed by atoms with Gasteiger partial charge in [0.05, 0.1) is 0 Å². The summed E-state index contributed by atoms with van der Waals surface area (Å²) in [6, 6.07) is 11.9. The summed E-state index contributed by atoms with van der Waals surface area (Å²) in [5.74, 6) is 1.39. The van der Waals surface area contributed by atoms with Crippen LogP contribution in [0.1, 0.15) is 44.1 Å². The van der Waals surface area contributed by atoms with E-state index in [1.165, 1.54) is 44.3 Å². The summed E-state index contributed by atoms with van der Waals surface area (Å²) >= 11 is 4.78. The van der Waals surface area contributed by atoms with Crippen LogP contribution in [0.5, 0.6) is 0 Å². The maximum Gasteiger partial charge on any atom is 0.00954 e. The second-order valence-corrected chi connectivity index (χ2v) is 7.10. The van der Waals surface area contributed by atoms with Crippen molar-refractivity contribution in [2.24, 2.45) is 5.92 Å². The van der Waals surface area contributed by atoms with Gasteiger partial charge in [-0.05, 0) is 43.2 Å². The zero-order valence-corrected chi connectivity index (χ0v) is 12.7. The largest absolute Gasteiger partial charge is 0.300 e. The molecule has 1 aliphatic heterocycles. The van der Waals surface area contributed by atoms with Gasteiger partial charge < -0.3 is 4.90 Å². The Bertz CT molecular complexity index is 399. The molecule has 0 amide bonds. The van der Waals surface area contributed by atoms with Gasteiger partial charge in [0.1, 0.15) is 0 Å². The standard InChI is InChI=1S/C17H25NS/c1-13(19)17-12-18(15-8-5-9-15)11-10-16(17)14-6-3-2-4-7-14/h2-4,6-7,13,15-17,19H,5,8-12H2,1H3/t13?,16?,17-/m1/s1. The second-order valence-electron chi connectivity index (χ2n) is 6.29. The number of rotatable bonds is 3. The van der Waals surface area contributed by atoms with Crippen molar-refractivity contribution in [3.05, 3.63) is 35.9 Å². The molecule has 1 nitrogen and oxygen atoms in total. The van der Waals surface area contributed by atoms with E-state index >= 15 is 0 Å². The van der Waals surface area contributed by atoms with Gasteiger partial charge in [-0.25, -0.2) is 0 Å². The Balaban J connectivity index is 1.74. The van der Waals surface area contributed by atoms with E-state index in [0.29, 0.717) is 17.1 Å². The predicted octanol–water partition coefficient (Wildman–Crippen LogP) is 3.96. The molecule has 1 aromatic carbocycles. The third kappa shape index (κ3) is 2.85. The molecule has 1 aliphatic carbocycles. The first kappa shape index (κ1) is 13.5. The fraction of sp³-hybridized carbons (Fsp3) is 0.647. The number of benzene rings is 1. The van der Waals surface area contributed by atoms with Crippen LogP contribution in [-0.2, 0) is 0 Å². The number of hydrogen-bond donors (Lipinski definition) is 1. The van der Waals surface area contributed by atoms with E-state index in [9.17, 15) is 0 Å². The van der Waals surface area contributed by atoms with Crippen LogP contribution in [0.2, 0.25) is 0 Å². The SMILES string of the molecule is CC(S)[C@H]1CN(C2CCC2)CCC1c1ccccc1. The highest BCUT2D eigenvalue weighted by atomic mass is 32.1. The van der Waals surface area contributed by atoms with Gasteiger partial charge in [-0.1, -0.05) is 43.7 Å². The minimum absolute atomic E-state index is 0.480. The Morgan fingerprint density at radius 3 is 2.47 bits per heavy atom. The Kier molecular flexibility index (Phi) is 4.18. The van der Waals surface area contributed by atoms with Gasteiger partial charge in [-0.2, -0.15) is 12.6 Å². The van der Waals surface area contributed by atoms with Crippen LogP contribution >= 0.6 is 12.6 Å². The summed E-state index contributed by atoms with van der Waals surface area (Å²) in [5.41, 5.74) is 1.52. The monoisotopic (exact) mass is 275 g/mol. The molecule has 0 N–H and O–H groups in total. The number of nitrogens with zero attached hydrogens (tertiary/aromatic N) is 1. The van der Waals surface area contributed by atoms with Crippen LogP contribution in [0, 0.1) is 5.92 Å². The molecule has 3 rings (SSSR count). The van der Waals surface area contributed by atoms with Crippen molar-refractivity contribution in [3.8, 4) is 0 Å². The summed E-state index contributed by atoms with van der Waals surface area (Å²) in [4.78, 5) is 2.74. The Labute approximate surface area is 122 Å². The first-order valence-electron chi connectivity index (χ1n) is 7.73. The Morgan fingerprint density at radius 1 is 1.16 bits per heavy atom. The molecule has 1 heterocycles. The van der Waals surface area contributed by atoms with Crippen molar-refractivity contribution in [2.45, 2.75) is 49.8 Å². The van der Waals surface area contributed by atoms with Gasteiger partial charge in [-0.15, -0.1) is 0 Å². The van der Waals surface area contributed by atoms with E-state index < -0.39 is 0 Å². The van der Waals surface area contributed by atoms with Crippen molar-refractivity contribution in [1.29, 1.82) is 0 Å². The third-order valence-corrected chi connectivity index (χ3v) is 5.51. The van der Waals surface area contributed by atoms with Crippen LogP contribution in [0.3, 0.4) is 0 Å². The van der Waals surface area contributed by atoms with Gasteiger partial charge in [0.15, 0.2) is 0 Å². The van der Waals surface area contributed by atoms with E-state index in [1.54, 1.807) is 0 Å². The first-order valence-corrected chi connectivity index (χ1v) is 8.24. The minimum Gasteiger partial charge on any atom is -0.300 e. The number of thiol groups is 1. The van der Waals surface area contributed by atoms with E-state index in [-0.39, 0.29) is 0 Å². The van der Waals surface area contributed by atoms with Crippen LogP contribution in [0.25, 0.3) is 0 Å².